The molecule has 0 unspecified atom stereocenters. The van der Waals surface area contributed by atoms with Crippen molar-refractivity contribution >= 4 is 17.5 Å². The number of halogens is 1. The number of piperidine rings is 2. The fourth-order valence-corrected chi connectivity index (χ4v) is 4.15. The molecular weight excluding hydrogens is 320 g/mol. The average molecular weight is 349 g/mol. The van der Waals surface area contributed by atoms with Gasteiger partial charge < -0.3 is 9.80 Å². The van der Waals surface area contributed by atoms with E-state index in [0.29, 0.717) is 12.5 Å². The lowest BCUT2D eigenvalue weighted by molar-refractivity contribution is -0.134. The minimum absolute atomic E-state index is 0.278. The molecule has 0 aromatic heterocycles. The summed E-state index contributed by atoms with van der Waals surface area (Å²) >= 11 is 5.94. The zero-order chi connectivity index (χ0) is 16.8. The third kappa shape index (κ3) is 4.97. The zero-order valence-electron chi connectivity index (χ0n) is 14.6. The maximum absolute atomic E-state index is 12.8. The molecule has 0 bridgehead atoms. The molecule has 1 atom stereocenters. The van der Waals surface area contributed by atoms with Gasteiger partial charge in [0.2, 0.25) is 5.91 Å². The van der Waals surface area contributed by atoms with Crippen LogP contribution < -0.4 is 0 Å². The summed E-state index contributed by atoms with van der Waals surface area (Å²) in [5.74, 6) is 0.278. The fraction of sp³-hybridized carbons (Fsp3) is 0.650. The molecule has 0 spiro atoms. The molecule has 3 rings (SSSR count). The summed E-state index contributed by atoms with van der Waals surface area (Å²) < 4.78 is 0. The van der Waals surface area contributed by atoms with E-state index in [1.165, 1.54) is 45.2 Å². The van der Waals surface area contributed by atoms with Gasteiger partial charge in [0.05, 0.1) is 6.42 Å². The highest BCUT2D eigenvalue weighted by Crippen LogP contribution is 2.22. The van der Waals surface area contributed by atoms with Gasteiger partial charge >= 0.3 is 0 Å². The Balaban J connectivity index is 1.54. The topological polar surface area (TPSA) is 23.6 Å². The Morgan fingerprint density at radius 2 is 1.71 bits per heavy atom. The standard InChI is InChI=1S/C20H29ClN2O/c21-18-9-7-17(8-10-18)16-20(24)23-14-5-2-6-19(23)11-15-22-12-3-1-4-13-22/h7-10,19H,1-6,11-16H2/t19-/m0/s1. The van der Waals surface area contributed by atoms with Crippen LogP contribution in [0.15, 0.2) is 24.3 Å². The van der Waals surface area contributed by atoms with Gasteiger partial charge in [0.15, 0.2) is 0 Å². The van der Waals surface area contributed by atoms with Gasteiger partial charge in [-0.2, -0.15) is 0 Å². The Labute approximate surface area is 151 Å². The van der Waals surface area contributed by atoms with Crippen LogP contribution in [0.2, 0.25) is 5.02 Å². The summed E-state index contributed by atoms with van der Waals surface area (Å²) in [4.78, 5) is 17.5. The molecule has 2 saturated heterocycles. The molecule has 1 aromatic rings. The van der Waals surface area contributed by atoms with Crippen LogP contribution in [0, 0.1) is 0 Å². The Morgan fingerprint density at radius 3 is 2.46 bits per heavy atom. The molecule has 2 aliphatic rings. The summed E-state index contributed by atoms with van der Waals surface area (Å²) in [6.07, 6.45) is 9.26. The quantitative estimate of drug-likeness (QED) is 0.798. The highest BCUT2D eigenvalue weighted by molar-refractivity contribution is 6.30. The van der Waals surface area contributed by atoms with Gasteiger partial charge in [-0.05, 0) is 69.3 Å². The van der Waals surface area contributed by atoms with Crippen LogP contribution in [0.25, 0.3) is 0 Å². The van der Waals surface area contributed by atoms with Crippen molar-refractivity contribution < 1.29 is 4.79 Å². The number of carbonyl (C=O) groups is 1. The van der Waals surface area contributed by atoms with Gasteiger partial charge in [-0.25, -0.2) is 0 Å². The lowest BCUT2D eigenvalue weighted by atomic mass is 9.97. The number of hydrogen-bond acceptors (Lipinski definition) is 2. The molecule has 0 radical (unpaired) electrons. The maximum atomic E-state index is 12.8. The number of nitrogens with zero attached hydrogens (tertiary/aromatic N) is 2. The van der Waals surface area contributed by atoms with Crippen molar-refractivity contribution in [3.63, 3.8) is 0 Å². The Kier molecular flexibility index (Phi) is 6.56. The van der Waals surface area contributed by atoms with Crippen LogP contribution in [-0.4, -0.2) is 47.9 Å². The van der Waals surface area contributed by atoms with Gasteiger partial charge in [0.1, 0.15) is 0 Å². The lowest BCUT2D eigenvalue weighted by Crippen LogP contribution is -2.46. The van der Waals surface area contributed by atoms with Crippen molar-refractivity contribution in [2.24, 2.45) is 0 Å². The van der Waals surface area contributed by atoms with Crippen molar-refractivity contribution in [2.75, 3.05) is 26.2 Å². The molecule has 1 aromatic carbocycles. The first-order chi connectivity index (χ1) is 11.7. The highest BCUT2D eigenvalue weighted by Gasteiger charge is 2.27. The first kappa shape index (κ1) is 17.8. The molecule has 1 amide bonds. The summed E-state index contributed by atoms with van der Waals surface area (Å²) in [5, 5.41) is 0.726. The molecule has 0 saturated carbocycles. The van der Waals surface area contributed by atoms with E-state index in [-0.39, 0.29) is 5.91 Å². The van der Waals surface area contributed by atoms with Gasteiger partial charge in [-0.1, -0.05) is 30.2 Å². The summed E-state index contributed by atoms with van der Waals surface area (Å²) in [6, 6.07) is 8.10. The minimum Gasteiger partial charge on any atom is -0.339 e. The summed E-state index contributed by atoms with van der Waals surface area (Å²) in [7, 11) is 0. The lowest BCUT2D eigenvalue weighted by Gasteiger charge is -2.37. The predicted octanol–water partition coefficient (Wildman–Crippen LogP) is 4.14. The molecule has 4 heteroatoms. The monoisotopic (exact) mass is 348 g/mol. The molecule has 2 aliphatic heterocycles. The van der Waals surface area contributed by atoms with Gasteiger partial charge in [0, 0.05) is 24.2 Å². The zero-order valence-corrected chi connectivity index (χ0v) is 15.3. The van der Waals surface area contributed by atoms with E-state index in [0.717, 1.165) is 36.5 Å². The van der Waals surface area contributed by atoms with Crippen molar-refractivity contribution in [2.45, 2.75) is 57.4 Å². The van der Waals surface area contributed by atoms with Crippen LogP contribution in [0.4, 0.5) is 0 Å². The number of rotatable bonds is 5. The smallest absolute Gasteiger partial charge is 0.227 e. The Morgan fingerprint density at radius 1 is 1.00 bits per heavy atom. The van der Waals surface area contributed by atoms with E-state index in [1.54, 1.807) is 0 Å². The largest absolute Gasteiger partial charge is 0.339 e. The molecule has 2 fully saturated rings. The van der Waals surface area contributed by atoms with E-state index in [1.807, 2.05) is 24.3 Å². The van der Waals surface area contributed by atoms with Gasteiger partial charge in [0.25, 0.3) is 0 Å². The fourth-order valence-electron chi connectivity index (χ4n) is 4.02. The molecule has 0 N–H and O–H groups in total. The summed E-state index contributed by atoms with van der Waals surface area (Å²) in [6.45, 7) is 4.56. The van der Waals surface area contributed by atoms with Crippen LogP contribution >= 0.6 is 11.6 Å². The first-order valence-corrected chi connectivity index (χ1v) is 9.86. The van der Waals surface area contributed by atoms with Crippen molar-refractivity contribution in [1.82, 2.24) is 9.80 Å². The van der Waals surface area contributed by atoms with E-state index in [4.69, 9.17) is 11.6 Å². The number of hydrogen-bond donors (Lipinski definition) is 0. The van der Waals surface area contributed by atoms with Crippen molar-refractivity contribution in [3.05, 3.63) is 34.9 Å². The third-order valence-electron chi connectivity index (χ3n) is 5.44. The number of benzene rings is 1. The molecular formula is C20H29ClN2O. The average Bonchev–Trinajstić information content (AvgIpc) is 2.63. The van der Waals surface area contributed by atoms with Crippen LogP contribution in [0.1, 0.15) is 50.5 Å². The molecule has 3 nitrogen and oxygen atoms in total. The Bertz CT molecular complexity index is 525. The van der Waals surface area contributed by atoms with Gasteiger partial charge in [-0.3, -0.25) is 4.79 Å². The number of amides is 1. The number of likely N-dealkylation sites (tertiary alicyclic amines) is 2. The summed E-state index contributed by atoms with van der Waals surface area (Å²) in [5.41, 5.74) is 1.06. The van der Waals surface area contributed by atoms with Crippen LogP contribution in [0.5, 0.6) is 0 Å². The second kappa shape index (κ2) is 8.87. The first-order valence-electron chi connectivity index (χ1n) is 9.48. The third-order valence-corrected chi connectivity index (χ3v) is 5.70. The van der Waals surface area contributed by atoms with Gasteiger partial charge in [-0.15, -0.1) is 0 Å². The second-order valence-electron chi connectivity index (χ2n) is 7.23. The molecule has 2 heterocycles. The second-order valence-corrected chi connectivity index (χ2v) is 7.67. The number of carbonyl (C=O) groups excluding carboxylic acids is 1. The predicted molar refractivity (Wildman–Crippen MR) is 99.4 cm³/mol. The minimum atomic E-state index is 0.278. The normalized spacial score (nSPS) is 22.5. The molecule has 0 aliphatic carbocycles. The van der Waals surface area contributed by atoms with E-state index >= 15 is 0 Å². The van der Waals surface area contributed by atoms with E-state index in [2.05, 4.69) is 9.80 Å². The maximum Gasteiger partial charge on any atom is 0.227 e. The van der Waals surface area contributed by atoms with Crippen molar-refractivity contribution in [3.8, 4) is 0 Å². The van der Waals surface area contributed by atoms with Crippen LogP contribution in [0.3, 0.4) is 0 Å². The van der Waals surface area contributed by atoms with E-state index in [9.17, 15) is 4.79 Å². The molecule has 132 valence electrons. The highest BCUT2D eigenvalue weighted by atomic mass is 35.5. The van der Waals surface area contributed by atoms with E-state index < -0.39 is 0 Å². The molecule has 24 heavy (non-hydrogen) atoms. The van der Waals surface area contributed by atoms with Crippen molar-refractivity contribution in [1.29, 1.82) is 0 Å². The van der Waals surface area contributed by atoms with Crippen LogP contribution in [-0.2, 0) is 11.2 Å². The SMILES string of the molecule is O=C(Cc1ccc(Cl)cc1)N1CCCC[C@H]1CCN1CCCCC1. The Hall–Kier alpha value is -1.06.